The van der Waals surface area contributed by atoms with Crippen LogP contribution in [0.15, 0.2) is 24.3 Å². The molecule has 1 saturated heterocycles. The number of carbonyl (C=O) groups excluding carboxylic acids is 1. The van der Waals surface area contributed by atoms with Crippen molar-refractivity contribution in [2.45, 2.75) is 57.7 Å². The Hall–Kier alpha value is -1.35. The van der Waals surface area contributed by atoms with Gasteiger partial charge in [-0.3, -0.25) is 10.1 Å². The summed E-state index contributed by atoms with van der Waals surface area (Å²) in [7, 11) is 0. The minimum Gasteiger partial charge on any atom is -0.321 e. The molecule has 3 heteroatoms. The fourth-order valence-corrected chi connectivity index (χ4v) is 3.18. The lowest BCUT2D eigenvalue weighted by Gasteiger charge is -2.25. The molecule has 2 fully saturated rings. The lowest BCUT2D eigenvalue weighted by Crippen LogP contribution is -2.33. The van der Waals surface area contributed by atoms with Gasteiger partial charge in [0.1, 0.15) is 11.7 Å². The van der Waals surface area contributed by atoms with Crippen LogP contribution in [0.4, 0.5) is 0 Å². The minimum absolute atomic E-state index is 0.0723. The highest BCUT2D eigenvalue weighted by Crippen LogP contribution is 2.46. The van der Waals surface area contributed by atoms with E-state index in [0.717, 1.165) is 25.8 Å². The SMILES string of the molecule is CCCCCN1C(=O)C2(CC2)NC1c1ccccc1C. The molecule has 108 valence electrons. The maximum absolute atomic E-state index is 12.6. The summed E-state index contributed by atoms with van der Waals surface area (Å²) in [5.41, 5.74) is 2.29. The van der Waals surface area contributed by atoms with Gasteiger partial charge in [0.15, 0.2) is 0 Å². The molecule has 1 heterocycles. The summed E-state index contributed by atoms with van der Waals surface area (Å²) in [6.45, 7) is 5.20. The zero-order chi connectivity index (χ0) is 14.2. The number of amides is 1. The van der Waals surface area contributed by atoms with Crippen molar-refractivity contribution in [3.63, 3.8) is 0 Å². The molecule has 0 radical (unpaired) electrons. The van der Waals surface area contributed by atoms with Crippen LogP contribution in [0.5, 0.6) is 0 Å². The molecule has 20 heavy (non-hydrogen) atoms. The van der Waals surface area contributed by atoms with Crippen molar-refractivity contribution in [1.29, 1.82) is 0 Å². The van der Waals surface area contributed by atoms with E-state index in [1.165, 1.54) is 24.0 Å². The molecule has 1 amide bonds. The van der Waals surface area contributed by atoms with E-state index in [2.05, 4.69) is 48.3 Å². The number of hydrogen-bond acceptors (Lipinski definition) is 2. The van der Waals surface area contributed by atoms with Gasteiger partial charge in [-0.1, -0.05) is 44.0 Å². The van der Waals surface area contributed by atoms with Crippen LogP contribution in [-0.4, -0.2) is 22.9 Å². The first-order valence-corrected chi connectivity index (χ1v) is 7.82. The average Bonchev–Trinajstić information content (AvgIpc) is 3.17. The molecule has 0 bridgehead atoms. The first-order chi connectivity index (χ1) is 9.68. The molecule has 2 aliphatic rings. The Morgan fingerprint density at radius 3 is 2.70 bits per heavy atom. The Labute approximate surface area is 121 Å². The van der Waals surface area contributed by atoms with Gasteiger partial charge in [-0.25, -0.2) is 0 Å². The molecule has 1 aliphatic carbocycles. The zero-order valence-electron chi connectivity index (χ0n) is 12.5. The molecule has 1 saturated carbocycles. The van der Waals surface area contributed by atoms with E-state index in [0.29, 0.717) is 5.91 Å². The van der Waals surface area contributed by atoms with Crippen LogP contribution in [0.3, 0.4) is 0 Å². The predicted octanol–water partition coefficient (Wildman–Crippen LogP) is 3.15. The summed E-state index contributed by atoms with van der Waals surface area (Å²) in [6, 6.07) is 8.40. The average molecular weight is 272 g/mol. The topological polar surface area (TPSA) is 32.3 Å². The molecule has 1 unspecified atom stereocenters. The van der Waals surface area contributed by atoms with Gasteiger partial charge in [0.05, 0.1) is 0 Å². The summed E-state index contributed by atoms with van der Waals surface area (Å²) >= 11 is 0. The van der Waals surface area contributed by atoms with E-state index >= 15 is 0 Å². The Morgan fingerprint density at radius 1 is 1.30 bits per heavy atom. The van der Waals surface area contributed by atoms with Gasteiger partial charge >= 0.3 is 0 Å². The van der Waals surface area contributed by atoms with E-state index in [9.17, 15) is 4.79 Å². The third-order valence-corrected chi connectivity index (χ3v) is 4.63. The standard InChI is InChI=1S/C17H24N2O/c1-3-4-7-12-19-15(14-9-6-5-8-13(14)2)18-17(10-11-17)16(19)20/h5-6,8-9,15,18H,3-4,7,10-12H2,1-2H3. The quantitative estimate of drug-likeness (QED) is 0.835. The fourth-order valence-electron chi connectivity index (χ4n) is 3.18. The summed E-state index contributed by atoms with van der Waals surface area (Å²) in [6.07, 6.45) is 5.55. The Morgan fingerprint density at radius 2 is 2.05 bits per heavy atom. The number of carbonyl (C=O) groups is 1. The number of unbranched alkanes of at least 4 members (excludes halogenated alkanes) is 2. The number of rotatable bonds is 5. The Bertz CT molecular complexity index is 507. The highest BCUT2D eigenvalue weighted by atomic mass is 16.2. The summed E-state index contributed by atoms with van der Waals surface area (Å²) in [4.78, 5) is 14.7. The highest BCUT2D eigenvalue weighted by Gasteiger charge is 2.59. The number of aryl methyl sites for hydroxylation is 1. The van der Waals surface area contributed by atoms with Gasteiger partial charge in [0, 0.05) is 6.54 Å². The van der Waals surface area contributed by atoms with Crippen molar-refractivity contribution >= 4 is 5.91 Å². The van der Waals surface area contributed by atoms with E-state index in [1.807, 2.05) is 0 Å². The smallest absolute Gasteiger partial charge is 0.244 e. The van der Waals surface area contributed by atoms with Gasteiger partial charge in [-0.2, -0.15) is 0 Å². The molecule has 1 atom stereocenters. The van der Waals surface area contributed by atoms with Crippen molar-refractivity contribution in [1.82, 2.24) is 10.2 Å². The van der Waals surface area contributed by atoms with Gasteiger partial charge in [-0.05, 0) is 37.3 Å². The second-order valence-corrected chi connectivity index (χ2v) is 6.19. The van der Waals surface area contributed by atoms with E-state index in [4.69, 9.17) is 0 Å². The van der Waals surface area contributed by atoms with Crippen LogP contribution in [-0.2, 0) is 4.79 Å². The molecule has 0 aromatic heterocycles. The van der Waals surface area contributed by atoms with Crippen molar-refractivity contribution < 1.29 is 4.79 Å². The number of benzene rings is 1. The van der Waals surface area contributed by atoms with Crippen LogP contribution < -0.4 is 5.32 Å². The largest absolute Gasteiger partial charge is 0.321 e. The van der Waals surface area contributed by atoms with Crippen LogP contribution in [0.1, 0.15) is 56.3 Å². The van der Waals surface area contributed by atoms with Gasteiger partial charge < -0.3 is 4.90 Å². The first-order valence-electron chi connectivity index (χ1n) is 7.82. The van der Waals surface area contributed by atoms with Crippen molar-refractivity contribution in [3.8, 4) is 0 Å². The normalized spacial score (nSPS) is 23.6. The Balaban J connectivity index is 1.84. The molecule has 3 rings (SSSR count). The zero-order valence-corrected chi connectivity index (χ0v) is 12.5. The van der Waals surface area contributed by atoms with Gasteiger partial charge in [-0.15, -0.1) is 0 Å². The van der Waals surface area contributed by atoms with Crippen LogP contribution >= 0.6 is 0 Å². The number of hydrogen-bond donors (Lipinski definition) is 1. The number of nitrogens with one attached hydrogen (secondary N) is 1. The van der Waals surface area contributed by atoms with E-state index in [-0.39, 0.29) is 11.7 Å². The van der Waals surface area contributed by atoms with Crippen LogP contribution in [0.25, 0.3) is 0 Å². The predicted molar refractivity (Wildman–Crippen MR) is 80.3 cm³/mol. The molecule has 1 N–H and O–H groups in total. The summed E-state index contributed by atoms with van der Waals surface area (Å²) in [5, 5.41) is 3.60. The monoisotopic (exact) mass is 272 g/mol. The number of nitrogens with zero attached hydrogens (tertiary/aromatic N) is 1. The minimum atomic E-state index is -0.223. The van der Waals surface area contributed by atoms with E-state index in [1.54, 1.807) is 0 Å². The first kappa shape index (κ1) is 13.6. The van der Waals surface area contributed by atoms with Gasteiger partial charge in [0.25, 0.3) is 0 Å². The molecular formula is C17H24N2O. The van der Waals surface area contributed by atoms with Crippen molar-refractivity contribution in [2.24, 2.45) is 0 Å². The maximum atomic E-state index is 12.6. The van der Waals surface area contributed by atoms with Crippen molar-refractivity contribution in [3.05, 3.63) is 35.4 Å². The molecule has 1 aromatic carbocycles. The highest BCUT2D eigenvalue weighted by molar-refractivity contribution is 5.92. The van der Waals surface area contributed by atoms with Crippen LogP contribution in [0, 0.1) is 6.92 Å². The molecule has 3 nitrogen and oxygen atoms in total. The lowest BCUT2D eigenvalue weighted by atomic mass is 10.1. The Kier molecular flexibility index (Phi) is 3.55. The van der Waals surface area contributed by atoms with Gasteiger partial charge in [0.2, 0.25) is 5.91 Å². The van der Waals surface area contributed by atoms with Crippen LogP contribution in [0.2, 0.25) is 0 Å². The summed E-state index contributed by atoms with van der Waals surface area (Å²) in [5.74, 6) is 0.321. The lowest BCUT2D eigenvalue weighted by molar-refractivity contribution is -0.130. The molecule has 1 aliphatic heterocycles. The second-order valence-electron chi connectivity index (χ2n) is 6.19. The fraction of sp³-hybridized carbons (Fsp3) is 0.588. The molecule has 1 spiro atoms. The second kappa shape index (κ2) is 5.21. The molecular weight excluding hydrogens is 248 g/mol. The third kappa shape index (κ3) is 2.24. The molecule has 1 aromatic rings. The van der Waals surface area contributed by atoms with E-state index < -0.39 is 0 Å². The third-order valence-electron chi connectivity index (χ3n) is 4.63. The summed E-state index contributed by atoms with van der Waals surface area (Å²) < 4.78 is 0. The maximum Gasteiger partial charge on any atom is 0.244 e. The van der Waals surface area contributed by atoms with Crippen molar-refractivity contribution in [2.75, 3.05) is 6.54 Å².